The summed E-state index contributed by atoms with van der Waals surface area (Å²) >= 11 is 0. The number of piperidine rings is 1. The Kier molecular flexibility index (Phi) is 5.01. The quantitative estimate of drug-likeness (QED) is 0.792. The number of likely N-dealkylation sites (tertiary alicyclic amines) is 1. The second-order valence-electron chi connectivity index (χ2n) is 5.30. The summed E-state index contributed by atoms with van der Waals surface area (Å²) in [6, 6.07) is 0.198. The fourth-order valence-corrected chi connectivity index (χ4v) is 2.88. The highest BCUT2D eigenvalue weighted by Crippen LogP contribution is 2.22. The number of carbonyl (C=O) groups excluding carboxylic acids is 1. The van der Waals surface area contributed by atoms with Crippen LogP contribution in [0.1, 0.15) is 32.1 Å². The van der Waals surface area contributed by atoms with E-state index < -0.39 is 5.97 Å². The van der Waals surface area contributed by atoms with Gasteiger partial charge in [-0.3, -0.25) is 4.79 Å². The lowest BCUT2D eigenvalue weighted by atomic mass is 9.98. The molecule has 6 heteroatoms. The SMILES string of the molecule is O=C(O)CCC1CCCCN1C(=O)N1CCNCC1. The molecule has 108 valence electrons. The molecule has 19 heavy (non-hydrogen) atoms. The molecule has 0 spiro atoms. The molecular formula is C13H23N3O3. The van der Waals surface area contributed by atoms with Crippen LogP contribution in [-0.2, 0) is 4.79 Å². The lowest BCUT2D eigenvalue weighted by molar-refractivity contribution is -0.137. The Morgan fingerprint density at radius 2 is 1.89 bits per heavy atom. The molecule has 2 rings (SSSR count). The molecule has 2 saturated heterocycles. The van der Waals surface area contributed by atoms with Crippen molar-refractivity contribution in [2.24, 2.45) is 0 Å². The first-order valence-corrected chi connectivity index (χ1v) is 7.16. The van der Waals surface area contributed by atoms with E-state index in [2.05, 4.69) is 5.32 Å². The van der Waals surface area contributed by atoms with Crippen LogP contribution < -0.4 is 5.32 Å². The molecule has 2 fully saturated rings. The van der Waals surface area contributed by atoms with Crippen LogP contribution in [-0.4, -0.2) is 65.7 Å². The maximum atomic E-state index is 12.5. The molecule has 0 radical (unpaired) electrons. The number of amides is 2. The van der Waals surface area contributed by atoms with Crippen LogP contribution in [0.5, 0.6) is 0 Å². The second kappa shape index (κ2) is 6.75. The zero-order valence-electron chi connectivity index (χ0n) is 11.3. The van der Waals surface area contributed by atoms with Crippen molar-refractivity contribution in [1.29, 1.82) is 0 Å². The van der Waals surface area contributed by atoms with Crippen molar-refractivity contribution in [2.45, 2.75) is 38.1 Å². The van der Waals surface area contributed by atoms with E-state index >= 15 is 0 Å². The van der Waals surface area contributed by atoms with Gasteiger partial charge in [0, 0.05) is 45.2 Å². The molecule has 2 amide bonds. The van der Waals surface area contributed by atoms with Crippen LogP contribution >= 0.6 is 0 Å². The first-order chi connectivity index (χ1) is 9.18. The second-order valence-corrected chi connectivity index (χ2v) is 5.30. The van der Waals surface area contributed by atoms with Gasteiger partial charge in [-0.2, -0.15) is 0 Å². The minimum absolute atomic E-state index is 0.0941. The predicted molar refractivity (Wildman–Crippen MR) is 71.1 cm³/mol. The maximum absolute atomic E-state index is 12.5. The van der Waals surface area contributed by atoms with Gasteiger partial charge in [-0.15, -0.1) is 0 Å². The molecule has 0 aliphatic carbocycles. The number of piperazine rings is 1. The Morgan fingerprint density at radius 3 is 2.58 bits per heavy atom. The summed E-state index contributed by atoms with van der Waals surface area (Å²) in [6.07, 6.45) is 3.78. The first-order valence-electron chi connectivity index (χ1n) is 7.16. The number of urea groups is 1. The Labute approximate surface area is 113 Å². The van der Waals surface area contributed by atoms with E-state index in [4.69, 9.17) is 5.11 Å². The van der Waals surface area contributed by atoms with E-state index in [-0.39, 0.29) is 18.5 Å². The summed E-state index contributed by atoms with van der Waals surface area (Å²) in [7, 11) is 0. The fraction of sp³-hybridized carbons (Fsp3) is 0.846. The molecule has 0 bridgehead atoms. The topological polar surface area (TPSA) is 72.9 Å². The minimum atomic E-state index is -0.778. The third-order valence-corrected chi connectivity index (χ3v) is 3.95. The maximum Gasteiger partial charge on any atom is 0.320 e. The van der Waals surface area contributed by atoms with E-state index in [1.54, 1.807) is 0 Å². The molecule has 1 unspecified atom stereocenters. The van der Waals surface area contributed by atoms with E-state index in [9.17, 15) is 9.59 Å². The molecule has 2 heterocycles. The number of rotatable bonds is 3. The molecule has 2 aliphatic rings. The van der Waals surface area contributed by atoms with Crippen LogP contribution in [0.15, 0.2) is 0 Å². The van der Waals surface area contributed by atoms with Crippen LogP contribution in [0.25, 0.3) is 0 Å². The van der Waals surface area contributed by atoms with Gasteiger partial charge in [0.05, 0.1) is 0 Å². The molecule has 2 aliphatic heterocycles. The standard InChI is InChI=1S/C13H23N3O3/c17-12(18)5-4-11-3-1-2-8-16(11)13(19)15-9-6-14-7-10-15/h11,14H,1-10H2,(H,17,18). The van der Waals surface area contributed by atoms with Crippen LogP contribution in [0.4, 0.5) is 4.79 Å². The van der Waals surface area contributed by atoms with Crippen molar-refractivity contribution in [2.75, 3.05) is 32.7 Å². The molecular weight excluding hydrogens is 246 g/mol. The summed E-state index contributed by atoms with van der Waals surface area (Å²) in [4.78, 5) is 27.0. The van der Waals surface area contributed by atoms with E-state index in [1.165, 1.54) is 0 Å². The Bertz CT molecular complexity index is 329. The van der Waals surface area contributed by atoms with Crippen molar-refractivity contribution >= 4 is 12.0 Å². The largest absolute Gasteiger partial charge is 0.481 e. The zero-order chi connectivity index (χ0) is 13.7. The predicted octanol–water partition coefficient (Wildman–Crippen LogP) is 0.731. The lowest BCUT2D eigenvalue weighted by Crippen LogP contribution is -2.55. The summed E-state index contributed by atoms with van der Waals surface area (Å²) in [5.74, 6) is -0.778. The van der Waals surface area contributed by atoms with Crippen molar-refractivity contribution < 1.29 is 14.7 Å². The van der Waals surface area contributed by atoms with Crippen LogP contribution in [0, 0.1) is 0 Å². The minimum Gasteiger partial charge on any atom is -0.481 e. The summed E-state index contributed by atoms with van der Waals surface area (Å²) in [5, 5.41) is 12.0. The summed E-state index contributed by atoms with van der Waals surface area (Å²) in [6.45, 7) is 3.97. The highest BCUT2D eigenvalue weighted by Gasteiger charge is 2.30. The first kappa shape index (κ1) is 14.1. The van der Waals surface area contributed by atoms with E-state index in [0.717, 1.165) is 52.0 Å². The average Bonchev–Trinajstić information content (AvgIpc) is 2.45. The van der Waals surface area contributed by atoms with Gasteiger partial charge in [-0.1, -0.05) is 0 Å². The number of carboxylic acid groups (broad SMARTS) is 1. The van der Waals surface area contributed by atoms with Gasteiger partial charge in [0.25, 0.3) is 0 Å². The average molecular weight is 269 g/mol. The van der Waals surface area contributed by atoms with Crippen LogP contribution in [0.2, 0.25) is 0 Å². The number of aliphatic carboxylic acids is 1. The van der Waals surface area contributed by atoms with Crippen LogP contribution in [0.3, 0.4) is 0 Å². The smallest absolute Gasteiger partial charge is 0.320 e. The number of hydrogen-bond acceptors (Lipinski definition) is 3. The molecule has 0 aromatic carbocycles. The number of carboxylic acids is 1. The molecule has 0 aromatic heterocycles. The highest BCUT2D eigenvalue weighted by molar-refractivity contribution is 5.75. The van der Waals surface area contributed by atoms with Gasteiger partial charge in [-0.25, -0.2) is 4.79 Å². The van der Waals surface area contributed by atoms with Gasteiger partial charge < -0.3 is 20.2 Å². The number of nitrogens with one attached hydrogen (secondary N) is 1. The normalized spacial score (nSPS) is 24.3. The van der Waals surface area contributed by atoms with Gasteiger partial charge in [0.15, 0.2) is 0 Å². The number of nitrogens with zero attached hydrogens (tertiary/aromatic N) is 2. The molecule has 0 saturated carbocycles. The van der Waals surface area contributed by atoms with Crippen molar-refractivity contribution in [3.05, 3.63) is 0 Å². The molecule has 0 aromatic rings. The highest BCUT2D eigenvalue weighted by atomic mass is 16.4. The summed E-state index contributed by atoms with van der Waals surface area (Å²) in [5.41, 5.74) is 0. The van der Waals surface area contributed by atoms with Gasteiger partial charge in [-0.05, 0) is 25.7 Å². The lowest BCUT2D eigenvalue weighted by Gasteiger charge is -2.40. The molecule has 2 N–H and O–H groups in total. The van der Waals surface area contributed by atoms with Crippen molar-refractivity contribution in [3.63, 3.8) is 0 Å². The number of hydrogen-bond donors (Lipinski definition) is 2. The Hall–Kier alpha value is -1.30. The van der Waals surface area contributed by atoms with Crippen molar-refractivity contribution in [3.8, 4) is 0 Å². The van der Waals surface area contributed by atoms with Gasteiger partial charge in [0.1, 0.15) is 0 Å². The summed E-state index contributed by atoms with van der Waals surface area (Å²) < 4.78 is 0. The third kappa shape index (κ3) is 3.83. The Morgan fingerprint density at radius 1 is 1.16 bits per heavy atom. The zero-order valence-corrected chi connectivity index (χ0v) is 11.3. The third-order valence-electron chi connectivity index (χ3n) is 3.95. The van der Waals surface area contributed by atoms with Gasteiger partial charge in [0.2, 0.25) is 0 Å². The fourth-order valence-electron chi connectivity index (χ4n) is 2.88. The van der Waals surface area contributed by atoms with E-state index in [1.807, 2.05) is 9.80 Å². The number of carbonyl (C=O) groups is 2. The molecule has 1 atom stereocenters. The van der Waals surface area contributed by atoms with Gasteiger partial charge >= 0.3 is 12.0 Å². The Balaban J connectivity index is 1.93. The van der Waals surface area contributed by atoms with E-state index in [0.29, 0.717) is 6.42 Å². The van der Waals surface area contributed by atoms with Crippen molar-refractivity contribution in [1.82, 2.24) is 15.1 Å². The monoisotopic (exact) mass is 269 g/mol. The molecule has 6 nitrogen and oxygen atoms in total.